The van der Waals surface area contributed by atoms with E-state index in [0.29, 0.717) is 11.6 Å². The van der Waals surface area contributed by atoms with Crippen LogP contribution < -0.4 is 10.6 Å². The van der Waals surface area contributed by atoms with Crippen molar-refractivity contribution in [2.45, 2.75) is 33.2 Å². The van der Waals surface area contributed by atoms with Gasteiger partial charge in [0.25, 0.3) is 0 Å². The minimum absolute atomic E-state index is 0.0312. The van der Waals surface area contributed by atoms with Crippen molar-refractivity contribution in [1.82, 2.24) is 10.3 Å². The number of carbonyl (C=O) groups is 1. The number of thiazole rings is 1. The number of nitrogens with one attached hydrogen (secondary N) is 2. The lowest BCUT2D eigenvalue weighted by molar-refractivity contribution is -0.115. The molecule has 0 spiro atoms. The number of aryl methyl sites for hydroxylation is 2. The first-order valence-electron chi connectivity index (χ1n) is 6.98. The average molecular weight is 303 g/mol. The maximum atomic E-state index is 12.1. The van der Waals surface area contributed by atoms with Crippen LogP contribution in [-0.4, -0.2) is 17.9 Å². The van der Waals surface area contributed by atoms with E-state index in [9.17, 15) is 4.79 Å². The summed E-state index contributed by atoms with van der Waals surface area (Å²) in [7, 11) is 1.89. The van der Waals surface area contributed by atoms with E-state index in [-0.39, 0.29) is 11.9 Å². The lowest BCUT2D eigenvalue weighted by Gasteiger charge is -2.06. The summed E-state index contributed by atoms with van der Waals surface area (Å²) < 4.78 is 0. The molecule has 2 rings (SSSR count). The zero-order chi connectivity index (χ0) is 15.4. The summed E-state index contributed by atoms with van der Waals surface area (Å²) in [6, 6.07) is 6.30. The van der Waals surface area contributed by atoms with E-state index in [4.69, 9.17) is 0 Å². The van der Waals surface area contributed by atoms with Crippen LogP contribution >= 0.6 is 11.3 Å². The zero-order valence-electron chi connectivity index (χ0n) is 12.9. The molecule has 0 saturated carbocycles. The van der Waals surface area contributed by atoms with Gasteiger partial charge in [0.05, 0.1) is 12.1 Å². The number of carbonyl (C=O) groups excluding carboxylic acids is 1. The minimum Gasteiger partial charge on any atom is -0.312 e. The van der Waals surface area contributed by atoms with Crippen molar-refractivity contribution < 1.29 is 4.79 Å². The first kappa shape index (κ1) is 15.7. The van der Waals surface area contributed by atoms with E-state index in [1.165, 1.54) is 22.5 Å². The maximum absolute atomic E-state index is 12.1. The molecule has 5 heteroatoms. The fraction of sp³-hybridized carbons (Fsp3) is 0.375. The number of amides is 1. The zero-order valence-corrected chi connectivity index (χ0v) is 13.7. The molecule has 0 saturated heterocycles. The van der Waals surface area contributed by atoms with E-state index in [1.807, 2.05) is 31.5 Å². The van der Waals surface area contributed by atoms with Crippen molar-refractivity contribution in [2.24, 2.45) is 0 Å². The second kappa shape index (κ2) is 6.83. The summed E-state index contributed by atoms with van der Waals surface area (Å²) in [6.45, 7) is 6.16. The van der Waals surface area contributed by atoms with Crippen molar-refractivity contribution in [3.8, 4) is 0 Å². The molecular weight excluding hydrogens is 282 g/mol. The van der Waals surface area contributed by atoms with Gasteiger partial charge < -0.3 is 10.6 Å². The van der Waals surface area contributed by atoms with E-state index in [1.54, 1.807) is 0 Å². The second-order valence-corrected chi connectivity index (χ2v) is 6.09. The summed E-state index contributed by atoms with van der Waals surface area (Å²) in [5, 5.41) is 8.61. The Bertz CT molecular complexity index is 636. The van der Waals surface area contributed by atoms with Crippen molar-refractivity contribution in [3.05, 3.63) is 46.0 Å². The van der Waals surface area contributed by atoms with Crippen LogP contribution in [-0.2, 0) is 11.2 Å². The molecule has 1 aromatic carbocycles. The van der Waals surface area contributed by atoms with E-state index < -0.39 is 0 Å². The van der Waals surface area contributed by atoms with Crippen molar-refractivity contribution in [3.63, 3.8) is 0 Å². The Balaban J connectivity index is 1.98. The smallest absolute Gasteiger partial charge is 0.230 e. The van der Waals surface area contributed by atoms with Gasteiger partial charge in [0.2, 0.25) is 5.91 Å². The Labute approximate surface area is 129 Å². The molecule has 1 atom stereocenters. The molecule has 0 radical (unpaired) electrons. The predicted molar refractivity (Wildman–Crippen MR) is 87.8 cm³/mol. The average Bonchev–Trinajstić information content (AvgIpc) is 2.90. The molecule has 1 unspecified atom stereocenters. The van der Waals surface area contributed by atoms with Gasteiger partial charge in [0.15, 0.2) is 5.13 Å². The van der Waals surface area contributed by atoms with Gasteiger partial charge in [-0.2, -0.15) is 0 Å². The summed E-state index contributed by atoms with van der Waals surface area (Å²) >= 11 is 1.45. The molecule has 4 nitrogen and oxygen atoms in total. The molecule has 21 heavy (non-hydrogen) atoms. The molecule has 0 aliphatic heterocycles. The monoisotopic (exact) mass is 303 g/mol. The van der Waals surface area contributed by atoms with Crippen LogP contribution in [0.1, 0.15) is 35.3 Å². The van der Waals surface area contributed by atoms with Gasteiger partial charge in [0, 0.05) is 11.4 Å². The Morgan fingerprint density at radius 2 is 2.10 bits per heavy atom. The SMILES string of the molecule is CNC(C)c1csc(NC(=O)Cc2ccc(C)c(C)c2)n1. The van der Waals surface area contributed by atoms with E-state index in [2.05, 4.69) is 35.5 Å². The van der Waals surface area contributed by atoms with Gasteiger partial charge in [-0.1, -0.05) is 18.2 Å². The Kier molecular flexibility index (Phi) is 5.09. The molecular formula is C16H21N3OS. The third-order valence-electron chi connectivity index (χ3n) is 3.58. The van der Waals surface area contributed by atoms with Crippen LogP contribution in [0.5, 0.6) is 0 Å². The minimum atomic E-state index is -0.0312. The van der Waals surface area contributed by atoms with Crippen LogP contribution in [0.15, 0.2) is 23.6 Å². The summed E-state index contributed by atoms with van der Waals surface area (Å²) in [5.74, 6) is -0.0312. The normalized spacial score (nSPS) is 12.2. The molecule has 1 aromatic heterocycles. The summed E-state index contributed by atoms with van der Waals surface area (Å²) in [6.07, 6.45) is 0.373. The number of anilines is 1. The van der Waals surface area contributed by atoms with Crippen molar-refractivity contribution in [2.75, 3.05) is 12.4 Å². The molecule has 0 aliphatic carbocycles. The maximum Gasteiger partial charge on any atom is 0.230 e. The number of hydrogen-bond donors (Lipinski definition) is 2. The highest BCUT2D eigenvalue weighted by molar-refractivity contribution is 7.13. The van der Waals surface area contributed by atoms with Gasteiger partial charge in [-0.05, 0) is 44.5 Å². The number of aromatic nitrogens is 1. The highest BCUT2D eigenvalue weighted by Gasteiger charge is 2.11. The van der Waals surface area contributed by atoms with Crippen molar-refractivity contribution >= 4 is 22.4 Å². The molecule has 0 aliphatic rings. The highest BCUT2D eigenvalue weighted by atomic mass is 32.1. The highest BCUT2D eigenvalue weighted by Crippen LogP contribution is 2.20. The van der Waals surface area contributed by atoms with Crippen LogP contribution in [0.2, 0.25) is 0 Å². The number of nitrogens with zero attached hydrogens (tertiary/aromatic N) is 1. The van der Waals surface area contributed by atoms with Gasteiger partial charge in [-0.3, -0.25) is 4.79 Å². The first-order valence-corrected chi connectivity index (χ1v) is 7.86. The lowest BCUT2D eigenvalue weighted by Crippen LogP contribution is -2.15. The summed E-state index contributed by atoms with van der Waals surface area (Å²) in [4.78, 5) is 16.5. The molecule has 1 heterocycles. The van der Waals surface area contributed by atoms with E-state index >= 15 is 0 Å². The summed E-state index contributed by atoms with van der Waals surface area (Å²) in [5.41, 5.74) is 4.42. The molecule has 2 N–H and O–H groups in total. The van der Waals surface area contributed by atoms with Crippen molar-refractivity contribution in [1.29, 1.82) is 0 Å². The van der Waals surface area contributed by atoms with Crippen LogP contribution in [0, 0.1) is 13.8 Å². The number of rotatable bonds is 5. The van der Waals surface area contributed by atoms with Crippen LogP contribution in [0.3, 0.4) is 0 Å². The van der Waals surface area contributed by atoms with E-state index in [0.717, 1.165) is 11.3 Å². The Morgan fingerprint density at radius 1 is 1.33 bits per heavy atom. The number of benzene rings is 1. The predicted octanol–water partition coefficient (Wildman–Crippen LogP) is 3.22. The second-order valence-electron chi connectivity index (χ2n) is 5.23. The fourth-order valence-electron chi connectivity index (χ4n) is 1.95. The third kappa shape index (κ3) is 4.12. The number of hydrogen-bond acceptors (Lipinski definition) is 4. The molecule has 0 fully saturated rings. The van der Waals surface area contributed by atoms with Gasteiger partial charge >= 0.3 is 0 Å². The topological polar surface area (TPSA) is 54.0 Å². The van der Waals surface area contributed by atoms with Crippen LogP contribution in [0.25, 0.3) is 0 Å². The van der Waals surface area contributed by atoms with Crippen LogP contribution in [0.4, 0.5) is 5.13 Å². The van der Waals surface area contributed by atoms with Gasteiger partial charge in [0.1, 0.15) is 0 Å². The molecule has 112 valence electrons. The third-order valence-corrected chi connectivity index (χ3v) is 4.36. The lowest BCUT2D eigenvalue weighted by atomic mass is 10.0. The molecule has 2 aromatic rings. The van der Waals surface area contributed by atoms with Gasteiger partial charge in [-0.25, -0.2) is 4.98 Å². The Morgan fingerprint density at radius 3 is 2.76 bits per heavy atom. The quantitative estimate of drug-likeness (QED) is 0.891. The molecule has 0 bridgehead atoms. The largest absolute Gasteiger partial charge is 0.312 e. The molecule has 1 amide bonds. The fourth-order valence-corrected chi connectivity index (χ4v) is 2.77. The standard InChI is InChI=1S/C16H21N3OS/c1-10-5-6-13(7-11(10)2)8-15(20)19-16-18-14(9-21-16)12(3)17-4/h5-7,9,12,17H,8H2,1-4H3,(H,18,19,20). The van der Waals surface area contributed by atoms with Gasteiger partial charge in [-0.15, -0.1) is 11.3 Å². The Hall–Kier alpha value is -1.72. The first-order chi connectivity index (χ1) is 9.99.